The van der Waals surface area contributed by atoms with Crippen LogP contribution in [0, 0.1) is 0 Å². The Morgan fingerprint density at radius 1 is 0.923 bits per heavy atom. The van der Waals surface area contributed by atoms with Gasteiger partial charge in [-0.05, 0) is 40.8 Å². The molecule has 3 heteroatoms. The number of hydrogen-bond acceptors (Lipinski definition) is 2. The van der Waals surface area contributed by atoms with Gasteiger partial charge in [0.15, 0.2) is 6.10 Å². The minimum atomic E-state index is -0.551. The summed E-state index contributed by atoms with van der Waals surface area (Å²) in [6, 6.07) is 22.2. The average molecular weight is 347 g/mol. The van der Waals surface area contributed by atoms with E-state index >= 15 is 0 Å². The number of benzene rings is 3. The van der Waals surface area contributed by atoms with E-state index < -0.39 is 6.10 Å². The number of rotatable bonds is 6. The van der Waals surface area contributed by atoms with Gasteiger partial charge in [0.25, 0.3) is 5.91 Å². The first kappa shape index (κ1) is 18.0. The zero-order chi connectivity index (χ0) is 18.5. The van der Waals surface area contributed by atoms with Crippen LogP contribution in [0.2, 0.25) is 0 Å². The molecule has 0 saturated carbocycles. The van der Waals surface area contributed by atoms with Crippen molar-refractivity contribution in [3.05, 3.63) is 77.9 Å². The van der Waals surface area contributed by atoms with E-state index in [0.717, 1.165) is 22.3 Å². The summed E-state index contributed by atoms with van der Waals surface area (Å²) >= 11 is 0. The minimum absolute atomic E-state index is 0.114. The Balaban J connectivity index is 1.66. The lowest BCUT2D eigenvalue weighted by molar-refractivity contribution is -0.127. The fraction of sp³-hybridized carbons (Fsp3) is 0.261. The summed E-state index contributed by atoms with van der Waals surface area (Å²) in [6.45, 7) is 6.51. The first-order valence-electron chi connectivity index (χ1n) is 9.06. The van der Waals surface area contributed by atoms with Gasteiger partial charge in [0.2, 0.25) is 0 Å². The number of carbonyl (C=O) groups is 1. The standard InChI is InChI=1S/C23H25NO2/c1-16(2)20-12-6-7-14-22(20)26-17(3)23(25)24-15-19-11-8-10-18-9-4-5-13-21(18)19/h4-14,16-17H,15H2,1-3H3,(H,24,25). The molecule has 0 aliphatic carbocycles. The molecule has 1 unspecified atom stereocenters. The third-order valence-corrected chi connectivity index (χ3v) is 4.55. The largest absolute Gasteiger partial charge is 0.481 e. The Kier molecular flexibility index (Phi) is 5.57. The third kappa shape index (κ3) is 4.05. The summed E-state index contributed by atoms with van der Waals surface area (Å²) in [4.78, 5) is 12.5. The average Bonchev–Trinajstić information content (AvgIpc) is 2.66. The van der Waals surface area contributed by atoms with Gasteiger partial charge in [0.1, 0.15) is 5.75 Å². The molecule has 0 aliphatic heterocycles. The third-order valence-electron chi connectivity index (χ3n) is 4.55. The molecule has 134 valence electrons. The molecule has 0 fully saturated rings. The molecule has 1 N–H and O–H groups in total. The summed E-state index contributed by atoms with van der Waals surface area (Å²) in [5.41, 5.74) is 2.22. The molecule has 26 heavy (non-hydrogen) atoms. The summed E-state index contributed by atoms with van der Waals surface area (Å²) in [5.74, 6) is 1.00. The van der Waals surface area contributed by atoms with E-state index in [2.05, 4.69) is 37.4 Å². The van der Waals surface area contributed by atoms with Gasteiger partial charge in [0, 0.05) is 6.54 Å². The highest BCUT2D eigenvalue weighted by molar-refractivity contribution is 5.86. The summed E-state index contributed by atoms with van der Waals surface area (Å²) in [6.07, 6.45) is -0.551. The molecule has 3 rings (SSSR count). The highest BCUT2D eigenvalue weighted by atomic mass is 16.5. The number of ether oxygens (including phenoxy) is 1. The van der Waals surface area contributed by atoms with E-state index in [1.54, 1.807) is 6.92 Å². The molecule has 0 aliphatic rings. The predicted molar refractivity (Wildman–Crippen MR) is 106 cm³/mol. The lowest BCUT2D eigenvalue weighted by Crippen LogP contribution is -2.36. The molecule has 3 nitrogen and oxygen atoms in total. The maximum absolute atomic E-state index is 12.5. The van der Waals surface area contributed by atoms with Crippen molar-refractivity contribution in [2.75, 3.05) is 0 Å². The van der Waals surface area contributed by atoms with E-state index in [1.165, 1.54) is 5.39 Å². The number of amides is 1. The van der Waals surface area contributed by atoms with Gasteiger partial charge in [-0.3, -0.25) is 4.79 Å². The van der Waals surface area contributed by atoms with Crippen LogP contribution in [0.1, 0.15) is 37.8 Å². The molecule has 0 radical (unpaired) electrons. The van der Waals surface area contributed by atoms with E-state index in [4.69, 9.17) is 4.74 Å². The zero-order valence-electron chi connectivity index (χ0n) is 15.5. The Morgan fingerprint density at radius 3 is 2.42 bits per heavy atom. The van der Waals surface area contributed by atoms with Crippen molar-refractivity contribution in [1.82, 2.24) is 5.32 Å². The Labute approximate surface area is 155 Å². The number of fused-ring (bicyclic) bond motifs is 1. The minimum Gasteiger partial charge on any atom is -0.481 e. The van der Waals surface area contributed by atoms with Crippen LogP contribution in [0.3, 0.4) is 0 Å². The Morgan fingerprint density at radius 2 is 1.62 bits per heavy atom. The van der Waals surface area contributed by atoms with Crippen LogP contribution in [0.5, 0.6) is 5.75 Å². The molecule has 0 spiro atoms. The molecular weight excluding hydrogens is 322 g/mol. The van der Waals surface area contributed by atoms with Crippen LogP contribution in [0.15, 0.2) is 66.7 Å². The van der Waals surface area contributed by atoms with Gasteiger partial charge in [-0.1, -0.05) is 74.5 Å². The number of para-hydroxylation sites is 1. The van der Waals surface area contributed by atoms with Crippen molar-refractivity contribution < 1.29 is 9.53 Å². The Hall–Kier alpha value is -2.81. The molecule has 3 aromatic carbocycles. The van der Waals surface area contributed by atoms with Crippen molar-refractivity contribution in [3.8, 4) is 5.75 Å². The van der Waals surface area contributed by atoms with Crippen LogP contribution in [-0.2, 0) is 11.3 Å². The van der Waals surface area contributed by atoms with E-state index in [-0.39, 0.29) is 5.91 Å². The van der Waals surface area contributed by atoms with Gasteiger partial charge in [0.05, 0.1) is 0 Å². The van der Waals surface area contributed by atoms with Crippen LogP contribution in [-0.4, -0.2) is 12.0 Å². The molecule has 1 amide bonds. The molecule has 0 aromatic heterocycles. The highest BCUT2D eigenvalue weighted by Gasteiger charge is 2.17. The monoisotopic (exact) mass is 347 g/mol. The van der Waals surface area contributed by atoms with Gasteiger partial charge < -0.3 is 10.1 Å². The van der Waals surface area contributed by atoms with Crippen LogP contribution in [0.25, 0.3) is 10.8 Å². The SMILES string of the molecule is CC(Oc1ccccc1C(C)C)C(=O)NCc1cccc2ccccc12. The number of hydrogen-bond donors (Lipinski definition) is 1. The van der Waals surface area contributed by atoms with Crippen molar-refractivity contribution in [1.29, 1.82) is 0 Å². The maximum Gasteiger partial charge on any atom is 0.261 e. The predicted octanol–water partition coefficient (Wildman–Crippen LogP) is 5.05. The van der Waals surface area contributed by atoms with Crippen LogP contribution >= 0.6 is 0 Å². The summed E-state index contributed by atoms with van der Waals surface area (Å²) < 4.78 is 5.93. The first-order chi connectivity index (χ1) is 12.6. The van der Waals surface area contributed by atoms with Crippen molar-refractivity contribution in [2.45, 2.75) is 39.3 Å². The smallest absolute Gasteiger partial charge is 0.261 e. The van der Waals surface area contributed by atoms with E-state index in [0.29, 0.717) is 12.5 Å². The second-order valence-electron chi connectivity index (χ2n) is 6.81. The molecule has 0 heterocycles. The molecule has 0 saturated heterocycles. The van der Waals surface area contributed by atoms with Gasteiger partial charge in [-0.2, -0.15) is 0 Å². The maximum atomic E-state index is 12.5. The number of nitrogens with one attached hydrogen (secondary N) is 1. The second kappa shape index (κ2) is 8.05. The van der Waals surface area contributed by atoms with Gasteiger partial charge in [-0.15, -0.1) is 0 Å². The highest BCUT2D eigenvalue weighted by Crippen LogP contribution is 2.26. The van der Waals surface area contributed by atoms with Crippen molar-refractivity contribution >= 4 is 16.7 Å². The fourth-order valence-corrected chi connectivity index (χ4v) is 3.08. The van der Waals surface area contributed by atoms with Crippen molar-refractivity contribution in [2.24, 2.45) is 0 Å². The summed E-state index contributed by atoms with van der Waals surface area (Å²) in [5, 5.41) is 5.33. The first-order valence-corrected chi connectivity index (χ1v) is 9.06. The zero-order valence-corrected chi connectivity index (χ0v) is 15.5. The van der Waals surface area contributed by atoms with Gasteiger partial charge in [-0.25, -0.2) is 0 Å². The van der Waals surface area contributed by atoms with Crippen molar-refractivity contribution in [3.63, 3.8) is 0 Å². The normalized spacial score (nSPS) is 12.2. The van der Waals surface area contributed by atoms with Gasteiger partial charge >= 0.3 is 0 Å². The molecule has 1 atom stereocenters. The lowest BCUT2D eigenvalue weighted by atomic mass is 10.0. The lowest BCUT2D eigenvalue weighted by Gasteiger charge is -2.19. The van der Waals surface area contributed by atoms with Crippen LogP contribution < -0.4 is 10.1 Å². The number of carbonyl (C=O) groups excluding carboxylic acids is 1. The quantitative estimate of drug-likeness (QED) is 0.678. The van der Waals surface area contributed by atoms with E-state index in [1.807, 2.05) is 48.5 Å². The second-order valence-corrected chi connectivity index (χ2v) is 6.81. The molecular formula is C23H25NO2. The molecule has 0 bridgehead atoms. The van der Waals surface area contributed by atoms with E-state index in [9.17, 15) is 4.79 Å². The summed E-state index contributed by atoms with van der Waals surface area (Å²) in [7, 11) is 0. The topological polar surface area (TPSA) is 38.3 Å². The fourth-order valence-electron chi connectivity index (χ4n) is 3.08. The molecule has 3 aromatic rings. The Bertz CT molecular complexity index is 896. The van der Waals surface area contributed by atoms with Crippen LogP contribution in [0.4, 0.5) is 0 Å².